The Labute approximate surface area is 117 Å². The van der Waals surface area contributed by atoms with Crippen molar-refractivity contribution in [2.45, 2.75) is 13.0 Å². The van der Waals surface area contributed by atoms with Gasteiger partial charge in [-0.3, -0.25) is 9.59 Å². The number of hydrogen-bond donors (Lipinski definition) is 2. The minimum atomic E-state index is -0.304. The molecule has 4 nitrogen and oxygen atoms in total. The summed E-state index contributed by atoms with van der Waals surface area (Å²) in [5, 5.41) is 2.70. The second-order valence-corrected chi connectivity index (χ2v) is 4.44. The van der Waals surface area contributed by atoms with Gasteiger partial charge in [-0.1, -0.05) is 48.5 Å². The van der Waals surface area contributed by atoms with Crippen LogP contribution in [0, 0.1) is 0 Å². The first kappa shape index (κ1) is 13.8. The van der Waals surface area contributed by atoms with Crippen molar-refractivity contribution in [3.8, 4) is 0 Å². The number of nitrogens with one attached hydrogen (secondary N) is 1. The van der Waals surface area contributed by atoms with Crippen LogP contribution in [0.15, 0.2) is 54.6 Å². The smallest absolute Gasteiger partial charge is 0.228 e. The van der Waals surface area contributed by atoms with Crippen LogP contribution < -0.4 is 11.1 Å². The summed E-state index contributed by atoms with van der Waals surface area (Å²) in [5.41, 5.74) is 7.79. The SMILES string of the molecule is Nc1ccccc1CNC(=O)CC(=O)c1ccccc1. The maximum Gasteiger partial charge on any atom is 0.228 e. The van der Waals surface area contributed by atoms with Crippen molar-refractivity contribution in [2.75, 3.05) is 5.73 Å². The molecule has 102 valence electrons. The highest BCUT2D eigenvalue weighted by molar-refractivity contribution is 6.07. The van der Waals surface area contributed by atoms with Crippen molar-refractivity contribution in [1.29, 1.82) is 0 Å². The molecule has 0 aliphatic heterocycles. The molecule has 0 aliphatic rings. The van der Waals surface area contributed by atoms with Gasteiger partial charge in [0, 0.05) is 17.8 Å². The van der Waals surface area contributed by atoms with E-state index in [1.165, 1.54) is 0 Å². The van der Waals surface area contributed by atoms with Gasteiger partial charge < -0.3 is 11.1 Å². The van der Waals surface area contributed by atoms with Crippen LogP contribution in [-0.2, 0) is 11.3 Å². The first-order valence-corrected chi connectivity index (χ1v) is 6.35. The lowest BCUT2D eigenvalue weighted by Gasteiger charge is -2.07. The van der Waals surface area contributed by atoms with Crippen molar-refractivity contribution < 1.29 is 9.59 Å². The van der Waals surface area contributed by atoms with Gasteiger partial charge in [0.15, 0.2) is 5.78 Å². The summed E-state index contributed by atoms with van der Waals surface area (Å²) >= 11 is 0. The van der Waals surface area contributed by atoms with Gasteiger partial charge in [0.1, 0.15) is 0 Å². The van der Waals surface area contributed by atoms with Gasteiger partial charge in [0.25, 0.3) is 0 Å². The second-order valence-electron chi connectivity index (χ2n) is 4.44. The molecule has 2 aromatic rings. The lowest BCUT2D eigenvalue weighted by Crippen LogP contribution is -2.25. The van der Waals surface area contributed by atoms with Crippen LogP contribution in [-0.4, -0.2) is 11.7 Å². The molecule has 0 heterocycles. The molecule has 0 spiro atoms. The molecule has 0 saturated heterocycles. The lowest BCUT2D eigenvalue weighted by molar-refractivity contribution is -0.120. The molecule has 1 amide bonds. The van der Waals surface area contributed by atoms with E-state index in [0.717, 1.165) is 5.56 Å². The minimum Gasteiger partial charge on any atom is -0.398 e. The van der Waals surface area contributed by atoms with Gasteiger partial charge in [-0.05, 0) is 11.6 Å². The topological polar surface area (TPSA) is 72.2 Å². The molecule has 0 aliphatic carbocycles. The predicted molar refractivity (Wildman–Crippen MR) is 78.1 cm³/mol. The highest BCUT2D eigenvalue weighted by Crippen LogP contribution is 2.10. The summed E-state index contributed by atoms with van der Waals surface area (Å²) in [4.78, 5) is 23.6. The van der Waals surface area contributed by atoms with Crippen LogP contribution >= 0.6 is 0 Å². The van der Waals surface area contributed by atoms with Gasteiger partial charge in [-0.25, -0.2) is 0 Å². The normalized spacial score (nSPS) is 10.0. The van der Waals surface area contributed by atoms with Gasteiger partial charge >= 0.3 is 0 Å². The average molecular weight is 268 g/mol. The number of anilines is 1. The molecule has 0 atom stereocenters. The number of para-hydroxylation sites is 1. The van der Waals surface area contributed by atoms with E-state index in [-0.39, 0.29) is 18.1 Å². The Morgan fingerprint density at radius 3 is 2.30 bits per heavy atom. The molecule has 0 aromatic heterocycles. The van der Waals surface area contributed by atoms with E-state index in [4.69, 9.17) is 5.73 Å². The van der Waals surface area contributed by atoms with E-state index in [0.29, 0.717) is 17.8 Å². The molecule has 0 saturated carbocycles. The highest BCUT2D eigenvalue weighted by Gasteiger charge is 2.11. The first-order valence-electron chi connectivity index (χ1n) is 6.35. The summed E-state index contributed by atoms with van der Waals surface area (Å²) < 4.78 is 0. The number of nitrogen functional groups attached to an aromatic ring is 1. The van der Waals surface area contributed by atoms with Gasteiger partial charge in [-0.15, -0.1) is 0 Å². The quantitative estimate of drug-likeness (QED) is 0.496. The minimum absolute atomic E-state index is 0.156. The molecule has 0 fully saturated rings. The zero-order valence-electron chi connectivity index (χ0n) is 11.0. The van der Waals surface area contributed by atoms with E-state index in [1.54, 1.807) is 30.3 Å². The van der Waals surface area contributed by atoms with Crippen LogP contribution in [0.25, 0.3) is 0 Å². The molecule has 0 radical (unpaired) electrons. The summed E-state index contributed by atoms with van der Waals surface area (Å²) in [6.45, 7) is 0.327. The summed E-state index contributed by atoms with van der Waals surface area (Å²) in [6.07, 6.45) is -0.156. The number of ketones is 1. The van der Waals surface area contributed by atoms with E-state index in [1.807, 2.05) is 24.3 Å². The zero-order valence-corrected chi connectivity index (χ0v) is 11.0. The maximum atomic E-state index is 11.8. The summed E-state index contributed by atoms with van der Waals surface area (Å²) in [7, 11) is 0. The lowest BCUT2D eigenvalue weighted by atomic mass is 10.1. The van der Waals surface area contributed by atoms with E-state index in [9.17, 15) is 9.59 Å². The number of amides is 1. The van der Waals surface area contributed by atoms with E-state index < -0.39 is 0 Å². The maximum absolute atomic E-state index is 11.8. The number of nitrogens with two attached hydrogens (primary N) is 1. The van der Waals surface area contributed by atoms with Crippen molar-refractivity contribution >= 4 is 17.4 Å². The number of carbonyl (C=O) groups is 2. The number of Topliss-reactive ketones (excluding diaryl/α,β-unsaturated/α-hetero) is 1. The number of benzene rings is 2. The number of hydrogen-bond acceptors (Lipinski definition) is 3. The van der Waals surface area contributed by atoms with Crippen LogP contribution in [0.1, 0.15) is 22.3 Å². The Bertz CT molecular complexity index is 609. The monoisotopic (exact) mass is 268 g/mol. The standard InChI is InChI=1S/C16H16N2O2/c17-14-9-5-4-8-13(14)11-18-16(20)10-15(19)12-6-2-1-3-7-12/h1-9H,10-11,17H2,(H,18,20). The molecule has 0 unspecified atom stereocenters. The predicted octanol–water partition coefficient (Wildman–Crippen LogP) is 2.16. The van der Waals surface area contributed by atoms with E-state index in [2.05, 4.69) is 5.32 Å². The Morgan fingerprint density at radius 2 is 1.60 bits per heavy atom. The van der Waals surface area contributed by atoms with Gasteiger partial charge in [0.2, 0.25) is 5.91 Å². The van der Waals surface area contributed by atoms with Crippen molar-refractivity contribution in [1.82, 2.24) is 5.32 Å². The molecule has 2 aromatic carbocycles. The third-order valence-corrected chi connectivity index (χ3v) is 2.95. The summed E-state index contributed by atoms with van der Waals surface area (Å²) in [5.74, 6) is -0.494. The van der Waals surface area contributed by atoms with Crippen LogP contribution in [0.3, 0.4) is 0 Å². The molecule has 3 N–H and O–H groups in total. The average Bonchev–Trinajstić information content (AvgIpc) is 2.47. The first-order chi connectivity index (χ1) is 9.66. The zero-order chi connectivity index (χ0) is 14.4. The fourth-order valence-corrected chi connectivity index (χ4v) is 1.82. The van der Waals surface area contributed by atoms with Crippen molar-refractivity contribution in [3.05, 3.63) is 65.7 Å². The number of rotatable bonds is 5. The summed E-state index contributed by atoms with van der Waals surface area (Å²) in [6, 6.07) is 16.1. The Morgan fingerprint density at radius 1 is 0.950 bits per heavy atom. The fraction of sp³-hybridized carbons (Fsp3) is 0.125. The van der Waals surface area contributed by atoms with Crippen LogP contribution in [0.4, 0.5) is 5.69 Å². The number of carbonyl (C=O) groups excluding carboxylic acids is 2. The fourth-order valence-electron chi connectivity index (χ4n) is 1.82. The molecule has 2 rings (SSSR count). The van der Waals surface area contributed by atoms with Crippen LogP contribution in [0.5, 0.6) is 0 Å². The highest BCUT2D eigenvalue weighted by atomic mass is 16.2. The third-order valence-electron chi connectivity index (χ3n) is 2.95. The Kier molecular flexibility index (Phi) is 4.50. The molecular weight excluding hydrogens is 252 g/mol. The van der Waals surface area contributed by atoms with Crippen LogP contribution in [0.2, 0.25) is 0 Å². The molecule has 20 heavy (non-hydrogen) atoms. The Balaban J connectivity index is 1.87. The van der Waals surface area contributed by atoms with E-state index >= 15 is 0 Å². The largest absolute Gasteiger partial charge is 0.398 e. The molecule has 4 heteroatoms. The van der Waals surface area contributed by atoms with Crippen molar-refractivity contribution in [3.63, 3.8) is 0 Å². The van der Waals surface area contributed by atoms with Crippen molar-refractivity contribution in [2.24, 2.45) is 0 Å². The third kappa shape index (κ3) is 3.68. The molecule has 0 bridgehead atoms. The second kappa shape index (κ2) is 6.52. The Hall–Kier alpha value is -2.62. The van der Waals surface area contributed by atoms with Gasteiger partial charge in [0.05, 0.1) is 6.42 Å². The molecular formula is C16H16N2O2. The van der Waals surface area contributed by atoms with Gasteiger partial charge in [-0.2, -0.15) is 0 Å².